The topological polar surface area (TPSA) is 38.0 Å². The van der Waals surface area contributed by atoms with Crippen LogP contribution in [0.5, 0.6) is 0 Å². The summed E-state index contributed by atoms with van der Waals surface area (Å²) >= 11 is 11.2. The number of rotatable bonds is 3. The van der Waals surface area contributed by atoms with Crippen LogP contribution in [-0.2, 0) is 0 Å². The van der Waals surface area contributed by atoms with E-state index in [1.54, 1.807) is 6.07 Å². The zero-order valence-electron chi connectivity index (χ0n) is 10.8. The summed E-state index contributed by atoms with van der Waals surface area (Å²) in [7, 11) is 0. The van der Waals surface area contributed by atoms with Crippen LogP contribution < -0.4 is 11.1 Å². The van der Waals surface area contributed by atoms with Crippen molar-refractivity contribution in [2.75, 3.05) is 5.32 Å². The molecule has 0 aromatic heterocycles. The Morgan fingerprint density at radius 3 is 2.26 bits per heavy atom. The first-order valence-electron chi connectivity index (χ1n) is 5.90. The van der Waals surface area contributed by atoms with E-state index >= 15 is 0 Å². The van der Waals surface area contributed by atoms with E-state index < -0.39 is 0 Å². The van der Waals surface area contributed by atoms with Crippen LogP contribution in [0.25, 0.3) is 0 Å². The number of nitrogens with one attached hydrogen (secondary N) is 1. The van der Waals surface area contributed by atoms with Crippen molar-refractivity contribution in [2.24, 2.45) is 5.73 Å². The second-order valence-electron chi connectivity index (χ2n) is 4.56. The Kier molecular flexibility index (Phi) is 4.08. The van der Waals surface area contributed by atoms with Crippen LogP contribution in [0.2, 0.25) is 5.02 Å². The number of nitrogens with two attached hydrogens (primary N) is 1. The largest absolute Gasteiger partial charge is 0.389 e. The molecule has 0 fully saturated rings. The SMILES string of the molecule is Cc1cc(C)cc(Nc2ccc(C(N)=S)cc2Cl)c1. The monoisotopic (exact) mass is 290 g/mol. The van der Waals surface area contributed by atoms with Gasteiger partial charge in [0.1, 0.15) is 4.99 Å². The minimum atomic E-state index is 0.347. The molecular weight excluding hydrogens is 276 g/mol. The molecular formula is C15H15ClN2S. The second kappa shape index (κ2) is 5.59. The molecule has 0 saturated heterocycles. The average Bonchev–Trinajstić information content (AvgIpc) is 2.30. The summed E-state index contributed by atoms with van der Waals surface area (Å²) in [6.07, 6.45) is 0. The highest BCUT2D eigenvalue weighted by molar-refractivity contribution is 7.80. The summed E-state index contributed by atoms with van der Waals surface area (Å²) in [6.45, 7) is 4.13. The fourth-order valence-electron chi connectivity index (χ4n) is 1.97. The molecule has 0 aliphatic heterocycles. The van der Waals surface area contributed by atoms with Gasteiger partial charge in [-0.05, 0) is 55.3 Å². The Morgan fingerprint density at radius 2 is 1.74 bits per heavy atom. The van der Waals surface area contributed by atoms with Gasteiger partial charge in [0.05, 0.1) is 10.7 Å². The van der Waals surface area contributed by atoms with E-state index in [0.717, 1.165) is 16.9 Å². The zero-order chi connectivity index (χ0) is 14.0. The number of hydrogen-bond donors (Lipinski definition) is 2. The minimum absolute atomic E-state index is 0.347. The molecule has 4 heteroatoms. The fraction of sp³-hybridized carbons (Fsp3) is 0.133. The summed E-state index contributed by atoms with van der Waals surface area (Å²) in [6, 6.07) is 11.8. The van der Waals surface area contributed by atoms with Crippen molar-refractivity contribution in [3.63, 3.8) is 0 Å². The van der Waals surface area contributed by atoms with Gasteiger partial charge in [-0.2, -0.15) is 0 Å². The van der Waals surface area contributed by atoms with Crippen molar-refractivity contribution in [3.05, 3.63) is 58.1 Å². The lowest BCUT2D eigenvalue weighted by Gasteiger charge is -2.11. The third-order valence-corrected chi connectivity index (χ3v) is 3.30. The van der Waals surface area contributed by atoms with E-state index in [2.05, 4.69) is 37.4 Å². The van der Waals surface area contributed by atoms with Crippen LogP contribution in [0, 0.1) is 13.8 Å². The summed E-state index contributed by atoms with van der Waals surface area (Å²) in [4.78, 5) is 0.347. The quantitative estimate of drug-likeness (QED) is 0.826. The van der Waals surface area contributed by atoms with E-state index in [0.29, 0.717) is 10.0 Å². The smallest absolute Gasteiger partial charge is 0.104 e. The average molecular weight is 291 g/mol. The molecule has 2 rings (SSSR count). The molecule has 98 valence electrons. The Morgan fingerprint density at radius 1 is 1.11 bits per heavy atom. The highest BCUT2D eigenvalue weighted by atomic mass is 35.5. The summed E-state index contributed by atoms with van der Waals surface area (Å²) < 4.78 is 0. The van der Waals surface area contributed by atoms with Gasteiger partial charge in [-0.3, -0.25) is 0 Å². The molecule has 2 aromatic rings. The zero-order valence-corrected chi connectivity index (χ0v) is 12.4. The van der Waals surface area contributed by atoms with Crippen molar-refractivity contribution in [2.45, 2.75) is 13.8 Å². The molecule has 0 atom stereocenters. The third kappa shape index (κ3) is 3.46. The van der Waals surface area contributed by atoms with Gasteiger partial charge in [0.15, 0.2) is 0 Å². The molecule has 2 aromatic carbocycles. The number of thiocarbonyl (C=S) groups is 1. The van der Waals surface area contributed by atoms with Crippen LogP contribution in [0.15, 0.2) is 36.4 Å². The van der Waals surface area contributed by atoms with Crippen molar-refractivity contribution in [1.29, 1.82) is 0 Å². The Balaban J connectivity index is 2.30. The predicted molar refractivity (Wildman–Crippen MR) is 86.5 cm³/mol. The Bertz CT molecular complexity index is 618. The number of benzene rings is 2. The number of aryl methyl sites for hydroxylation is 2. The normalized spacial score (nSPS) is 10.3. The number of anilines is 2. The van der Waals surface area contributed by atoms with Gasteiger partial charge in [0, 0.05) is 11.3 Å². The van der Waals surface area contributed by atoms with E-state index in [-0.39, 0.29) is 0 Å². The number of hydrogen-bond acceptors (Lipinski definition) is 2. The van der Waals surface area contributed by atoms with E-state index in [9.17, 15) is 0 Å². The van der Waals surface area contributed by atoms with Gasteiger partial charge < -0.3 is 11.1 Å². The first kappa shape index (κ1) is 13.8. The van der Waals surface area contributed by atoms with Crippen LogP contribution in [-0.4, -0.2) is 4.99 Å². The van der Waals surface area contributed by atoms with Gasteiger partial charge in [-0.15, -0.1) is 0 Å². The first-order chi connectivity index (χ1) is 8.95. The maximum Gasteiger partial charge on any atom is 0.104 e. The van der Waals surface area contributed by atoms with Crippen molar-refractivity contribution in [3.8, 4) is 0 Å². The van der Waals surface area contributed by atoms with Crippen molar-refractivity contribution in [1.82, 2.24) is 0 Å². The van der Waals surface area contributed by atoms with Crippen molar-refractivity contribution < 1.29 is 0 Å². The summed E-state index contributed by atoms with van der Waals surface area (Å²) in [5.74, 6) is 0. The molecule has 0 unspecified atom stereocenters. The lowest BCUT2D eigenvalue weighted by Crippen LogP contribution is -2.09. The Hall–Kier alpha value is -1.58. The summed E-state index contributed by atoms with van der Waals surface area (Å²) in [5.41, 5.74) is 10.6. The molecule has 3 N–H and O–H groups in total. The molecule has 0 radical (unpaired) electrons. The van der Waals surface area contributed by atoms with Crippen molar-refractivity contribution >= 4 is 40.2 Å². The van der Waals surface area contributed by atoms with Crippen LogP contribution >= 0.6 is 23.8 Å². The highest BCUT2D eigenvalue weighted by Gasteiger charge is 2.04. The third-order valence-electron chi connectivity index (χ3n) is 2.75. The molecule has 0 amide bonds. The van der Waals surface area contributed by atoms with E-state index in [1.807, 2.05) is 12.1 Å². The molecule has 0 spiro atoms. The van der Waals surface area contributed by atoms with Crippen LogP contribution in [0.4, 0.5) is 11.4 Å². The van der Waals surface area contributed by atoms with Gasteiger partial charge in [0.2, 0.25) is 0 Å². The molecule has 19 heavy (non-hydrogen) atoms. The van der Waals surface area contributed by atoms with E-state index in [4.69, 9.17) is 29.6 Å². The van der Waals surface area contributed by atoms with Gasteiger partial charge in [-0.1, -0.05) is 29.9 Å². The predicted octanol–water partition coefficient (Wildman–Crippen LogP) is 4.33. The molecule has 0 bridgehead atoms. The summed E-state index contributed by atoms with van der Waals surface area (Å²) in [5, 5.41) is 3.91. The Labute approximate surface area is 123 Å². The maximum atomic E-state index is 6.23. The van der Waals surface area contributed by atoms with Gasteiger partial charge in [-0.25, -0.2) is 0 Å². The molecule has 2 nitrogen and oxygen atoms in total. The second-order valence-corrected chi connectivity index (χ2v) is 5.41. The standard InChI is InChI=1S/C15H15ClN2S/c1-9-5-10(2)7-12(6-9)18-14-4-3-11(15(17)19)8-13(14)16/h3-8,18H,1-2H3,(H2,17,19). The lowest BCUT2D eigenvalue weighted by atomic mass is 10.1. The maximum absolute atomic E-state index is 6.23. The minimum Gasteiger partial charge on any atom is -0.389 e. The van der Waals surface area contributed by atoms with Crippen LogP contribution in [0.3, 0.4) is 0 Å². The van der Waals surface area contributed by atoms with Crippen LogP contribution in [0.1, 0.15) is 16.7 Å². The molecule has 0 heterocycles. The first-order valence-corrected chi connectivity index (χ1v) is 6.69. The molecule has 0 aliphatic rings. The van der Waals surface area contributed by atoms with E-state index in [1.165, 1.54) is 11.1 Å². The van der Waals surface area contributed by atoms with Gasteiger partial charge in [0.25, 0.3) is 0 Å². The van der Waals surface area contributed by atoms with Gasteiger partial charge >= 0.3 is 0 Å². The fourth-order valence-corrected chi connectivity index (χ4v) is 2.33. The lowest BCUT2D eigenvalue weighted by molar-refractivity contribution is 1.37. The number of halogens is 1. The molecule has 0 aliphatic carbocycles. The molecule has 0 saturated carbocycles. The highest BCUT2D eigenvalue weighted by Crippen LogP contribution is 2.27.